The van der Waals surface area contributed by atoms with Crippen molar-refractivity contribution in [2.75, 3.05) is 18.5 Å². The topological polar surface area (TPSA) is 71.3 Å². The molecular formula is C22H23ClN2O3. The van der Waals surface area contributed by atoms with Crippen molar-refractivity contribution in [3.63, 3.8) is 0 Å². The lowest BCUT2D eigenvalue weighted by molar-refractivity contribution is -0.112. The Morgan fingerprint density at radius 2 is 1.96 bits per heavy atom. The van der Waals surface area contributed by atoms with Crippen LogP contribution in [0.5, 0.6) is 11.5 Å². The fourth-order valence-electron chi connectivity index (χ4n) is 2.40. The average Bonchev–Trinajstić information content (AvgIpc) is 2.68. The number of halogens is 1. The Morgan fingerprint density at radius 3 is 2.61 bits per heavy atom. The maximum Gasteiger partial charge on any atom is 0.266 e. The summed E-state index contributed by atoms with van der Waals surface area (Å²) in [6, 6.07) is 12.4. The molecule has 0 spiro atoms. The van der Waals surface area contributed by atoms with Gasteiger partial charge in [0.2, 0.25) is 0 Å². The van der Waals surface area contributed by atoms with Gasteiger partial charge in [-0.05, 0) is 61.7 Å². The van der Waals surface area contributed by atoms with Gasteiger partial charge in [0.1, 0.15) is 11.6 Å². The van der Waals surface area contributed by atoms with Crippen LogP contribution in [0.3, 0.4) is 0 Å². The second-order valence-corrected chi connectivity index (χ2v) is 6.48. The lowest BCUT2D eigenvalue weighted by Crippen LogP contribution is -2.13. The number of nitrogens with one attached hydrogen (secondary N) is 1. The Bertz CT molecular complexity index is 916. The van der Waals surface area contributed by atoms with Crippen molar-refractivity contribution >= 4 is 29.3 Å². The summed E-state index contributed by atoms with van der Waals surface area (Å²) in [6.07, 6.45) is 2.40. The summed E-state index contributed by atoms with van der Waals surface area (Å²) in [5.74, 6) is 0.706. The number of hydrogen-bond donors (Lipinski definition) is 1. The van der Waals surface area contributed by atoms with Gasteiger partial charge in [-0.25, -0.2) is 0 Å². The lowest BCUT2D eigenvalue weighted by atomic mass is 10.1. The molecule has 2 rings (SSSR count). The molecule has 0 saturated heterocycles. The fraction of sp³-hybridized carbons (Fsp3) is 0.273. The van der Waals surface area contributed by atoms with Gasteiger partial charge >= 0.3 is 0 Å². The van der Waals surface area contributed by atoms with Crippen LogP contribution in [0.15, 0.2) is 42.0 Å². The summed E-state index contributed by atoms with van der Waals surface area (Å²) in [4.78, 5) is 12.5. The highest BCUT2D eigenvalue weighted by molar-refractivity contribution is 6.31. The quantitative estimate of drug-likeness (QED) is 0.478. The largest absolute Gasteiger partial charge is 0.490 e. The third-order valence-electron chi connectivity index (χ3n) is 3.84. The highest BCUT2D eigenvalue weighted by Gasteiger charge is 2.12. The van der Waals surface area contributed by atoms with E-state index in [1.165, 1.54) is 6.08 Å². The molecule has 2 aromatic rings. The van der Waals surface area contributed by atoms with Crippen LogP contribution in [0, 0.1) is 18.3 Å². The average molecular weight is 399 g/mol. The molecule has 0 heterocycles. The molecule has 0 saturated carbocycles. The summed E-state index contributed by atoms with van der Waals surface area (Å²) in [7, 11) is 0. The van der Waals surface area contributed by atoms with E-state index in [1.54, 1.807) is 36.4 Å². The summed E-state index contributed by atoms with van der Waals surface area (Å²) in [5, 5.41) is 12.7. The van der Waals surface area contributed by atoms with Crippen LogP contribution < -0.4 is 14.8 Å². The van der Waals surface area contributed by atoms with Gasteiger partial charge in [-0.3, -0.25) is 4.79 Å². The molecule has 0 aliphatic carbocycles. The molecule has 146 valence electrons. The van der Waals surface area contributed by atoms with Crippen molar-refractivity contribution in [1.29, 1.82) is 5.26 Å². The SMILES string of the molecule is CCCOc1ccc(/C=C(\C#N)C(=O)Nc2ccc(C)c(Cl)c2)cc1OCC. The highest BCUT2D eigenvalue weighted by Crippen LogP contribution is 2.29. The zero-order valence-corrected chi connectivity index (χ0v) is 17.0. The third-order valence-corrected chi connectivity index (χ3v) is 4.24. The third kappa shape index (κ3) is 5.77. The van der Waals surface area contributed by atoms with Gasteiger partial charge < -0.3 is 14.8 Å². The molecule has 0 fully saturated rings. The Balaban J connectivity index is 2.24. The van der Waals surface area contributed by atoms with Gasteiger partial charge in [0, 0.05) is 10.7 Å². The molecule has 28 heavy (non-hydrogen) atoms. The zero-order chi connectivity index (χ0) is 20.5. The second-order valence-electron chi connectivity index (χ2n) is 6.08. The van der Waals surface area contributed by atoms with Crippen LogP contribution in [0.2, 0.25) is 5.02 Å². The molecule has 5 nitrogen and oxygen atoms in total. The molecular weight excluding hydrogens is 376 g/mol. The summed E-state index contributed by atoms with van der Waals surface area (Å²) in [5.41, 5.74) is 2.08. The van der Waals surface area contributed by atoms with Crippen LogP contribution in [0.1, 0.15) is 31.4 Å². The molecule has 6 heteroatoms. The first-order valence-corrected chi connectivity index (χ1v) is 9.45. The molecule has 0 aliphatic rings. The normalized spacial score (nSPS) is 10.9. The van der Waals surface area contributed by atoms with Crippen molar-refractivity contribution < 1.29 is 14.3 Å². The van der Waals surface area contributed by atoms with Crippen LogP contribution in [-0.4, -0.2) is 19.1 Å². The minimum Gasteiger partial charge on any atom is -0.490 e. The van der Waals surface area contributed by atoms with Gasteiger partial charge in [-0.2, -0.15) is 5.26 Å². The Hall–Kier alpha value is -2.97. The van der Waals surface area contributed by atoms with E-state index in [0.29, 0.717) is 41.0 Å². The van der Waals surface area contributed by atoms with Gasteiger partial charge in [0.05, 0.1) is 13.2 Å². The van der Waals surface area contributed by atoms with Crippen molar-refractivity contribution in [2.45, 2.75) is 27.2 Å². The van der Waals surface area contributed by atoms with Gasteiger partial charge in [0.25, 0.3) is 5.91 Å². The van der Waals surface area contributed by atoms with Crippen LogP contribution >= 0.6 is 11.6 Å². The van der Waals surface area contributed by atoms with Gasteiger partial charge in [-0.1, -0.05) is 30.7 Å². The van der Waals surface area contributed by atoms with E-state index >= 15 is 0 Å². The predicted octanol–water partition coefficient (Wildman–Crippen LogP) is 5.38. The van der Waals surface area contributed by atoms with Crippen LogP contribution in [0.4, 0.5) is 5.69 Å². The number of benzene rings is 2. The molecule has 0 aliphatic heterocycles. The van der Waals surface area contributed by atoms with E-state index in [2.05, 4.69) is 5.32 Å². The summed E-state index contributed by atoms with van der Waals surface area (Å²) in [6.45, 7) is 6.84. The summed E-state index contributed by atoms with van der Waals surface area (Å²) < 4.78 is 11.3. The maximum absolute atomic E-state index is 12.5. The van der Waals surface area contributed by atoms with E-state index in [9.17, 15) is 10.1 Å². The Morgan fingerprint density at radius 1 is 1.18 bits per heavy atom. The van der Waals surface area contributed by atoms with Crippen molar-refractivity contribution in [2.24, 2.45) is 0 Å². The maximum atomic E-state index is 12.5. The smallest absolute Gasteiger partial charge is 0.266 e. The molecule has 0 aromatic heterocycles. The van der Waals surface area contributed by atoms with E-state index < -0.39 is 5.91 Å². The van der Waals surface area contributed by atoms with Crippen molar-refractivity contribution in [3.8, 4) is 17.6 Å². The molecule has 0 atom stereocenters. The number of carbonyl (C=O) groups is 1. The van der Waals surface area contributed by atoms with Crippen LogP contribution in [0.25, 0.3) is 6.08 Å². The number of amides is 1. The minimum atomic E-state index is -0.508. The van der Waals surface area contributed by atoms with Crippen molar-refractivity contribution in [3.05, 3.63) is 58.1 Å². The molecule has 1 N–H and O–H groups in total. The number of nitrogens with zero attached hydrogens (tertiary/aromatic N) is 1. The number of aryl methyl sites for hydroxylation is 1. The lowest BCUT2D eigenvalue weighted by Gasteiger charge is -2.12. The second kappa shape index (κ2) is 10.4. The Kier molecular flexibility index (Phi) is 7.91. The summed E-state index contributed by atoms with van der Waals surface area (Å²) >= 11 is 6.08. The Labute approximate surface area is 170 Å². The number of ether oxygens (including phenoxy) is 2. The fourth-order valence-corrected chi connectivity index (χ4v) is 2.58. The molecule has 1 amide bonds. The molecule has 0 bridgehead atoms. The number of carbonyl (C=O) groups excluding carboxylic acids is 1. The molecule has 2 aromatic carbocycles. The number of nitriles is 1. The number of hydrogen-bond acceptors (Lipinski definition) is 4. The highest BCUT2D eigenvalue weighted by atomic mass is 35.5. The molecule has 0 radical (unpaired) electrons. The zero-order valence-electron chi connectivity index (χ0n) is 16.2. The monoisotopic (exact) mass is 398 g/mol. The first-order chi connectivity index (χ1) is 13.5. The first kappa shape index (κ1) is 21.3. The van der Waals surface area contributed by atoms with E-state index in [4.69, 9.17) is 21.1 Å². The van der Waals surface area contributed by atoms with E-state index in [1.807, 2.05) is 26.8 Å². The predicted molar refractivity (Wildman–Crippen MR) is 112 cm³/mol. The first-order valence-electron chi connectivity index (χ1n) is 9.07. The van der Waals surface area contributed by atoms with Crippen LogP contribution in [-0.2, 0) is 4.79 Å². The number of rotatable bonds is 8. The molecule has 0 unspecified atom stereocenters. The van der Waals surface area contributed by atoms with Crippen molar-refractivity contribution in [1.82, 2.24) is 0 Å². The van der Waals surface area contributed by atoms with E-state index in [0.717, 1.165) is 12.0 Å². The standard InChI is InChI=1S/C22H23ClN2O3/c1-4-10-28-20-9-7-16(12-21(20)27-5-2)11-17(14-24)22(26)25-18-8-6-15(3)19(23)13-18/h6-9,11-13H,4-5,10H2,1-3H3,(H,25,26)/b17-11+. The van der Waals surface area contributed by atoms with Gasteiger partial charge in [-0.15, -0.1) is 0 Å². The number of anilines is 1. The van der Waals surface area contributed by atoms with E-state index in [-0.39, 0.29) is 5.57 Å². The minimum absolute atomic E-state index is 0.0265. The van der Waals surface area contributed by atoms with Gasteiger partial charge in [0.15, 0.2) is 11.5 Å².